The van der Waals surface area contributed by atoms with Crippen molar-refractivity contribution >= 4 is 5.91 Å². The molecule has 0 unspecified atom stereocenters. The molecule has 1 saturated heterocycles. The number of aryl methyl sites for hydroxylation is 1. The van der Waals surface area contributed by atoms with E-state index in [2.05, 4.69) is 15.4 Å². The number of nitrogens with zero attached hydrogens (tertiary/aromatic N) is 7. The molecule has 1 aliphatic rings. The minimum Gasteiger partial charge on any atom is -0.336 e. The molecule has 10 nitrogen and oxygen atoms in total. The topological polar surface area (TPSA) is 117 Å². The molecule has 0 saturated carbocycles. The highest BCUT2D eigenvalue weighted by Gasteiger charge is 2.30. The van der Waals surface area contributed by atoms with Gasteiger partial charge in [-0.05, 0) is 19.8 Å². The van der Waals surface area contributed by atoms with Gasteiger partial charge in [0.25, 0.3) is 5.91 Å². The van der Waals surface area contributed by atoms with Crippen molar-refractivity contribution in [3.05, 3.63) is 28.2 Å². The second-order valence-electron chi connectivity index (χ2n) is 6.25. The van der Waals surface area contributed by atoms with E-state index in [1.54, 1.807) is 27.4 Å². The van der Waals surface area contributed by atoms with E-state index in [9.17, 15) is 9.59 Å². The summed E-state index contributed by atoms with van der Waals surface area (Å²) in [6.45, 7) is 4.66. The Bertz CT molecular complexity index is 805. The average molecular weight is 348 g/mol. The fourth-order valence-corrected chi connectivity index (χ4v) is 3.29. The van der Waals surface area contributed by atoms with Crippen molar-refractivity contribution in [2.24, 2.45) is 12.8 Å². The zero-order chi connectivity index (χ0) is 18.0. The molecule has 25 heavy (non-hydrogen) atoms. The van der Waals surface area contributed by atoms with Gasteiger partial charge < -0.3 is 10.6 Å². The quantitative estimate of drug-likeness (QED) is 0.754. The Morgan fingerprint density at radius 3 is 2.96 bits per heavy atom. The first-order valence-electron chi connectivity index (χ1n) is 8.58. The van der Waals surface area contributed by atoms with E-state index in [-0.39, 0.29) is 17.5 Å². The summed E-state index contributed by atoms with van der Waals surface area (Å²) in [5.41, 5.74) is 5.69. The fraction of sp³-hybridized carbons (Fsp3) is 0.667. The summed E-state index contributed by atoms with van der Waals surface area (Å²) in [6, 6.07) is 0. The summed E-state index contributed by atoms with van der Waals surface area (Å²) in [7, 11) is 1.65. The normalized spacial score (nSPS) is 17.9. The van der Waals surface area contributed by atoms with Crippen LogP contribution in [-0.4, -0.2) is 59.8 Å². The molecular weight excluding hydrogens is 324 g/mol. The molecule has 1 fully saturated rings. The number of rotatable bonds is 5. The highest BCUT2D eigenvalue weighted by atomic mass is 16.2. The standard InChI is InChI=1S/C15H24N8O2/c1-3-23-13(18-20(2)15(23)25)11-5-4-7-21(9-11)14(24)12-10-22(8-6-16)19-17-12/h10-11H,3-9,16H2,1-2H3/t11-/m1/s1. The molecule has 2 N–H and O–H groups in total. The van der Waals surface area contributed by atoms with Crippen molar-refractivity contribution in [2.45, 2.75) is 38.8 Å². The number of carbonyl (C=O) groups excluding carboxylic acids is 1. The summed E-state index contributed by atoms with van der Waals surface area (Å²) < 4.78 is 4.61. The fourth-order valence-electron chi connectivity index (χ4n) is 3.29. The van der Waals surface area contributed by atoms with E-state index in [1.807, 2.05) is 6.92 Å². The van der Waals surface area contributed by atoms with Crippen LogP contribution in [-0.2, 0) is 20.1 Å². The van der Waals surface area contributed by atoms with Crippen LogP contribution < -0.4 is 11.4 Å². The van der Waals surface area contributed by atoms with E-state index in [1.165, 1.54) is 4.68 Å². The maximum absolute atomic E-state index is 12.7. The van der Waals surface area contributed by atoms with Crippen molar-refractivity contribution in [2.75, 3.05) is 19.6 Å². The maximum Gasteiger partial charge on any atom is 0.345 e. The van der Waals surface area contributed by atoms with Gasteiger partial charge in [0, 0.05) is 39.1 Å². The predicted molar refractivity (Wildman–Crippen MR) is 90.1 cm³/mol. The lowest BCUT2D eigenvalue weighted by Crippen LogP contribution is -2.40. The lowest BCUT2D eigenvalue weighted by Gasteiger charge is -2.31. The Hall–Kier alpha value is -2.49. The van der Waals surface area contributed by atoms with Gasteiger partial charge in [-0.15, -0.1) is 5.10 Å². The predicted octanol–water partition coefficient (Wildman–Crippen LogP) is -0.828. The molecule has 2 aromatic rings. The highest BCUT2D eigenvalue weighted by Crippen LogP contribution is 2.25. The van der Waals surface area contributed by atoms with Gasteiger partial charge in [0.05, 0.1) is 12.7 Å². The van der Waals surface area contributed by atoms with Crippen molar-refractivity contribution in [1.82, 2.24) is 34.2 Å². The Labute approximate surface area is 145 Å². The van der Waals surface area contributed by atoms with Gasteiger partial charge >= 0.3 is 5.69 Å². The van der Waals surface area contributed by atoms with Gasteiger partial charge in [-0.3, -0.25) is 14.0 Å². The zero-order valence-corrected chi connectivity index (χ0v) is 14.6. The molecule has 1 amide bonds. The maximum atomic E-state index is 12.7. The van der Waals surface area contributed by atoms with E-state index in [0.29, 0.717) is 38.4 Å². The van der Waals surface area contributed by atoms with Crippen molar-refractivity contribution in [1.29, 1.82) is 0 Å². The Morgan fingerprint density at radius 1 is 1.44 bits per heavy atom. The lowest BCUT2D eigenvalue weighted by atomic mass is 9.97. The number of aromatic nitrogens is 6. The highest BCUT2D eigenvalue weighted by molar-refractivity contribution is 5.92. The summed E-state index contributed by atoms with van der Waals surface area (Å²) >= 11 is 0. The van der Waals surface area contributed by atoms with Crippen LogP contribution in [0.3, 0.4) is 0 Å². The van der Waals surface area contributed by atoms with Crippen molar-refractivity contribution in [3.63, 3.8) is 0 Å². The monoisotopic (exact) mass is 348 g/mol. The minimum atomic E-state index is -0.144. The van der Waals surface area contributed by atoms with E-state index >= 15 is 0 Å². The smallest absolute Gasteiger partial charge is 0.336 e. The molecule has 10 heteroatoms. The number of likely N-dealkylation sites (tertiary alicyclic amines) is 1. The molecule has 0 aliphatic carbocycles. The van der Waals surface area contributed by atoms with Gasteiger partial charge in [0.2, 0.25) is 0 Å². The second-order valence-corrected chi connectivity index (χ2v) is 6.25. The molecular formula is C15H24N8O2. The Balaban J connectivity index is 1.77. The first kappa shape index (κ1) is 17.3. The van der Waals surface area contributed by atoms with Gasteiger partial charge in [-0.1, -0.05) is 5.21 Å². The van der Waals surface area contributed by atoms with Crippen molar-refractivity contribution in [3.8, 4) is 0 Å². The molecule has 0 aromatic carbocycles. The van der Waals surface area contributed by atoms with Gasteiger partial charge in [0.1, 0.15) is 5.82 Å². The molecule has 0 bridgehead atoms. The largest absolute Gasteiger partial charge is 0.345 e. The van der Waals surface area contributed by atoms with Gasteiger partial charge in [-0.2, -0.15) is 5.10 Å². The third-order valence-corrected chi connectivity index (χ3v) is 4.54. The van der Waals surface area contributed by atoms with Crippen molar-refractivity contribution < 1.29 is 4.79 Å². The van der Waals surface area contributed by atoms with Crippen LogP contribution in [0.2, 0.25) is 0 Å². The summed E-state index contributed by atoms with van der Waals surface area (Å²) in [4.78, 5) is 26.6. The molecule has 0 radical (unpaired) electrons. The van der Waals surface area contributed by atoms with Crippen LogP contribution in [0.25, 0.3) is 0 Å². The second kappa shape index (κ2) is 7.18. The average Bonchev–Trinajstić information content (AvgIpc) is 3.20. The van der Waals surface area contributed by atoms with E-state index in [0.717, 1.165) is 18.7 Å². The molecule has 2 aromatic heterocycles. The van der Waals surface area contributed by atoms with Crippen LogP contribution >= 0.6 is 0 Å². The number of nitrogens with two attached hydrogens (primary N) is 1. The lowest BCUT2D eigenvalue weighted by molar-refractivity contribution is 0.0697. The third kappa shape index (κ3) is 3.34. The number of piperidine rings is 1. The summed E-state index contributed by atoms with van der Waals surface area (Å²) in [5.74, 6) is 0.652. The molecule has 1 atom stereocenters. The zero-order valence-electron chi connectivity index (χ0n) is 14.6. The molecule has 1 aliphatic heterocycles. The number of carbonyl (C=O) groups is 1. The molecule has 3 rings (SSSR count). The first-order valence-corrected chi connectivity index (χ1v) is 8.58. The van der Waals surface area contributed by atoms with E-state index in [4.69, 9.17) is 5.73 Å². The van der Waals surface area contributed by atoms with E-state index < -0.39 is 0 Å². The third-order valence-electron chi connectivity index (χ3n) is 4.54. The van der Waals surface area contributed by atoms with Crippen LogP contribution in [0.15, 0.2) is 11.0 Å². The minimum absolute atomic E-state index is 0.0469. The molecule has 0 spiro atoms. The van der Waals surface area contributed by atoms with Gasteiger partial charge in [-0.25, -0.2) is 9.48 Å². The Kier molecular flexibility index (Phi) is 4.98. The molecule has 136 valence electrons. The first-order chi connectivity index (χ1) is 12.0. The van der Waals surface area contributed by atoms with Crippen LogP contribution in [0, 0.1) is 0 Å². The van der Waals surface area contributed by atoms with Crippen LogP contribution in [0.5, 0.6) is 0 Å². The van der Waals surface area contributed by atoms with Crippen LogP contribution in [0.1, 0.15) is 42.0 Å². The summed E-state index contributed by atoms with van der Waals surface area (Å²) in [6.07, 6.45) is 3.39. The van der Waals surface area contributed by atoms with Gasteiger partial charge in [0.15, 0.2) is 5.69 Å². The number of hydrogen-bond acceptors (Lipinski definition) is 6. The number of hydrogen-bond donors (Lipinski definition) is 1. The number of amides is 1. The molecule has 3 heterocycles. The van der Waals surface area contributed by atoms with Crippen LogP contribution in [0.4, 0.5) is 0 Å². The SMILES string of the molecule is CCn1c([C@@H]2CCCN(C(=O)c3cn(CCN)nn3)C2)nn(C)c1=O. The Morgan fingerprint density at radius 2 is 2.24 bits per heavy atom. The summed E-state index contributed by atoms with van der Waals surface area (Å²) in [5, 5.41) is 12.3.